The summed E-state index contributed by atoms with van der Waals surface area (Å²) in [6.45, 7) is -1.29. The topological polar surface area (TPSA) is 20.2 Å². The highest BCUT2D eigenvalue weighted by molar-refractivity contribution is 4.98. The Morgan fingerprint density at radius 2 is 1.09 bits per heavy atom. The molecule has 1 nitrogen and oxygen atoms in total. The summed E-state index contributed by atoms with van der Waals surface area (Å²) in [5.41, 5.74) is -6.36. The van der Waals surface area contributed by atoms with Crippen molar-refractivity contribution in [1.29, 1.82) is 0 Å². The Hall–Kier alpha value is -0.880. The molecule has 0 saturated heterocycles. The number of aliphatic hydroxyl groups excluding tert-OH is 1. The van der Waals surface area contributed by atoms with Gasteiger partial charge in [0.05, 0.1) is 12.3 Å². The molecule has 0 aliphatic rings. The normalized spacial score (nSPS) is 16.6. The van der Waals surface area contributed by atoms with Gasteiger partial charge in [0.2, 0.25) is 0 Å². The molecule has 0 bridgehead atoms. The molecule has 0 aromatic heterocycles. The third-order valence-electron chi connectivity index (χ3n) is 2.89. The van der Waals surface area contributed by atoms with Gasteiger partial charge in [-0.15, -0.1) is 0 Å². The van der Waals surface area contributed by atoms with Crippen LogP contribution in [0.15, 0.2) is 0 Å². The highest BCUT2D eigenvalue weighted by Gasteiger charge is 2.75. The molecule has 1 unspecified atom stereocenters. The van der Waals surface area contributed by atoms with Gasteiger partial charge in [-0.2, -0.15) is 39.5 Å². The Bertz CT molecular complexity index is 365. The second-order valence-electron chi connectivity index (χ2n) is 4.78. The van der Waals surface area contributed by atoms with Gasteiger partial charge in [-0.25, -0.2) is 13.2 Å². The first-order valence-electron chi connectivity index (χ1n) is 5.75. The predicted molar refractivity (Wildman–Crippen MR) is 51.4 cm³/mol. The highest BCUT2D eigenvalue weighted by atomic mass is 19.4. The monoisotopic (exact) mass is 374 g/mol. The van der Waals surface area contributed by atoms with Gasteiger partial charge in [-0.05, 0) is 6.42 Å². The fourth-order valence-electron chi connectivity index (χ4n) is 1.69. The van der Waals surface area contributed by atoms with E-state index in [4.69, 9.17) is 5.11 Å². The first-order valence-corrected chi connectivity index (χ1v) is 5.75. The number of alkyl halides is 12. The second-order valence-corrected chi connectivity index (χ2v) is 4.78. The quantitative estimate of drug-likeness (QED) is 0.663. The molecule has 1 atom stereocenters. The molecular weight excluding hydrogens is 364 g/mol. The van der Waals surface area contributed by atoms with Crippen LogP contribution in [0.25, 0.3) is 0 Å². The van der Waals surface area contributed by atoms with E-state index in [1.807, 2.05) is 0 Å². The molecule has 0 saturated carbocycles. The van der Waals surface area contributed by atoms with Crippen LogP contribution in [0.3, 0.4) is 0 Å². The van der Waals surface area contributed by atoms with E-state index in [2.05, 4.69) is 0 Å². The predicted octanol–water partition coefficient (Wildman–Crippen LogP) is 4.80. The van der Waals surface area contributed by atoms with Crippen LogP contribution in [0.1, 0.15) is 19.3 Å². The molecule has 0 aromatic rings. The first-order chi connectivity index (χ1) is 9.87. The molecule has 0 amide bonds. The van der Waals surface area contributed by atoms with E-state index in [1.165, 1.54) is 0 Å². The van der Waals surface area contributed by atoms with Crippen molar-refractivity contribution in [2.75, 3.05) is 6.61 Å². The standard InChI is InChI=1S/C10H10F12O/c11-6(12,3-5(1-2-23)8(14,15)16)4-7(13,9(17,18)19)10(20,21)22/h5,23H,1-4H2. The molecule has 13 heteroatoms. The third-order valence-corrected chi connectivity index (χ3v) is 2.89. The van der Waals surface area contributed by atoms with Crippen LogP contribution >= 0.6 is 0 Å². The van der Waals surface area contributed by atoms with E-state index in [0.29, 0.717) is 0 Å². The van der Waals surface area contributed by atoms with E-state index < -0.39 is 61.9 Å². The van der Waals surface area contributed by atoms with Crippen LogP contribution in [0.2, 0.25) is 0 Å². The van der Waals surface area contributed by atoms with Gasteiger partial charge in [-0.3, -0.25) is 0 Å². The van der Waals surface area contributed by atoms with Crippen molar-refractivity contribution in [2.45, 2.75) is 49.4 Å². The molecule has 23 heavy (non-hydrogen) atoms. The smallest absolute Gasteiger partial charge is 0.396 e. The minimum Gasteiger partial charge on any atom is -0.396 e. The van der Waals surface area contributed by atoms with Gasteiger partial charge >= 0.3 is 24.2 Å². The molecule has 0 spiro atoms. The Morgan fingerprint density at radius 3 is 1.35 bits per heavy atom. The SMILES string of the molecule is OCCC(CC(F)(F)CC(F)(C(F)(F)F)C(F)(F)F)C(F)(F)F. The number of halogens is 12. The van der Waals surface area contributed by atoms with Crippen molar-refractivity contribution in [3.63, 3.8) is 0 Å². The molecule has 0 aliphatic carbocycles. The van der Waals surface area contributed by atoms with Crippen LogP contribution in [0.4, 0.5) is 52.7 Å². The van der Waals surface area contributed by atoms with Crippen LogP contribution < -0.4 is 0 Å². The maximum atomic E-state index is 13.3. The Kier molecular flexibility index (Phi) is 6.30. The summed E-state index contributed by atoms with van der Waals surface area (Å²) >= 11 is 0. The summed E-state index contributed by atoms with van der Waals surface area (Å²) in [5.74, 6) is -8.36. The fourth-order valence-corrected chi connectivity index (χ4v) is 1.69. The van der Waals surface area contributed by atoms with E-state index in [9.17, 15) is 52.7 Å². The molecular formula is C10H10F12O. The van der Waals surface area contributed by atoms with Crippen LogP contribution in [-0.4, -0.2) is 41.8 Å². The molecule has 1 N–H and O–H groups in total. The Balaban J connectivity index is 5.50. The second kappa shape index (κ2) is 6.55. The van der Waals surface area contributed by atoms with Crippen molar-refractivity contribution >= 4 is 0 Å². The molecule has 0 aliphatic heterocycles. The number of rotatable bonds is 6. The molecule has 140 valence electrons. The summed E-state index contributed by atoms with van der Waals surface area (Å²) in [6, 6.07) is 0. The van der Waals surface area contributed by atoms with Gasteiger partial charge in [0.1, 0.15) is 0 Å². The Morgan fingerprint density at radius 1 is 0.696 bits per heavy atom. The lowest BCUT2D eigenvalue weighted by Gasteiger charge is -2.34. The average molecular weight is 374 g/mol. The van der Waals surface area contributed by atoms with Crippen LogP contribution in [-0.2, 0) is 0 Å². The lowest BCUT2D eigenvalue weighted by molar-refractivity contribution is -0.355. The zero-order valence-corrected chi connectivity index (χ0v) is 10.9. The summed E-state index contributed by atoms with van der Waals surface area (Å²) < 4.78 is 150. The first kappa shape index (κ1) is 22.1. The van der Waals surface area contributed by atoms with Gasteiger partial charge in [0.15, 0.2) is 0 Å². The molecule has 0 fully saturated rings. The van der Waals surface area contributed by atoms with E-state index in [-0.39, 0.29) is 0 Å². The fraction of sp³-hybridized carbons (Fsp3) is 1.00. The molecule has 0 heterocycles. The van der Waals surface area contributed by atoms with Gasteiger partial charge in [0, 0.05) is 13.0 Å². The summed E-state index contributed by atoms with van der Waals surface area (Å²) in [5, 5.41) is 8.31. The van der Waals surface area contributed by atoms with E-state index in [0.717, 1.165) is 0 Å². The highest BCUT2D eigenvalue weighted by Crippen LogP contribution is 2.53. The van der Waals surface area contributed by atoms with E-state index in [1.54, 1.807) is 0 Å². The number of hydrogen-bond acceptors (Lipinski definition) is 1. The van der Waals surface area contributed by atoms with Crippen LogP contribution in [0, 0.1) is 5.92 Å². The number of hydrogen-bond donors (Lipinski definition) is 1. The minimum absolute atomic E-state index is 1.29. The van der Waals surface area contributed by atoms with Gasteiger partial charge in [0.25, 0.3) is 5.92 Å². The summed E-state index contributed by atoms with van der Waals surface area (Å²) in [4.78, 5) is 0. The minimum atomic E-state index is -6.79. The van der Waals surface area contributed by atoms with Gasteiger partial charge in [-0.1, -0.05) is 0 Å². The van der Waals surface area contributed by atoms with Crippen molar-refractivity contribution < 1.29 is 57.8 Å². The third kappa shape index (κ3) is 5.60. The largest absolute Gasteiger partial charge is 0.431 e. The van der Waals surface area contributed by atoms with Crippen molar-refractivity contribution in [1.82, 2.24) is 0 Å². The Labute approximate surface area is 121 Å². The summed E-state index contributed by atoms with van der Waals surface area (Å²) in [6.07, 6.45) is -26.4. The molecule has 0 radical (unpaired) electrons. The van der Waals surface area contributed by atoms with Crippen molar-refractivity contribution in [3.8, 4) is 0 Å². The van der Waals surface area contributed by atoms with Crippen LogP contribution in [0.5, 0.6) is 0 Å². The maximum Gasteiger partial charge on any atom is 0.431 e. The lowest BCUT2D eigenvalue weighted by Crippen LogP contribution is -2.56. The summed E-state index contributed by atoms with van der Waals surface area (Å²) in [7, 11) is 0. The zero-order chi connectivity index (χ0) is 18.9. The van der Waals surface area contributed by atoms with Crippen molar-refractivity contribution in [2.24, 2.45) is 5.92 Å². The average Bonchev–Trinajstić information content (AvgIpc) is 2.22. The van der Waals surface area contributed by atoms with Gasteiger partial charge < -0.3 is 5.11 Å². The lowest BCUT2D eigenvalue weighted by atomic mass is 9.89. The molecule has 0 rings (SSSR count). The zero-order valence-electron chi connectivity index (χ0n) is 10.9. The molecule has 0 aromatic carbocycles. The maximum absolute atomic E-state index is 13.3. The van der Waals surface area contributed by atoms with Crippen molar-refractivity contribution in [3.05, 3.63) is 0 Å². The number of aliphatic hydroxyl groups is 1. The van der Waals surface area contributed by atoms with E-state index >= 15 is 0 Å².